The Morgan fingerprint density at radius 3 is 3.08 bits per heavy atom. The Bertz CT molecular complexity index is 886. The van der Waals surface area contributed by atoms with Gasteiger partial charge in [-0.05, 0) is 25.8 Å². The molecule has 0 saturated carbocycles. The number of nitrogens with zero attached hydrogens (tertiary/aromatic N) is 4. The maximum Gasteiger partial charge on any atom is 0.143 e. The van der Waals surface area contributed by atoms with Gasteiger partial charge in [0.25, 0.3) is 0 Å². The number of aryl methyl sites for hydroxylation is 2. The van der Waals surface area contributed by atoms with Crippen molar-refractivity contribution in [2.75, 3.05) is 24.5 Å². The van der Waals surface area contributed by atoms with E-state index in [1.165, 1.54) is 0 Å². The zero-order chi connectivity index (χ0) is 17.4. The standard InChI is InChI=1S/C17H23N7O/c1-11-6-20-15-14(11)16(22-10-21-15)24-4-3-17(18,9-24)8-19-7-13-5-12(2)25-23-13/h5-6,10,19H,3-4,7-9,18H2,1-2H3,(H,20,21,22)/t17-/m0/s1. The van der Waals surface area contributed by atoms with Gasteiger partial charge in [-0.2, -0.15) is 0 Å². The third-order valence-electron chi connectivity index (χ3n) is 4.79. The number of aromatic amines is 1. The van der Waals surface area contributed by atoms with Crippen LogP contribution in [-0.2, 0) is 6.54 Å². The number of fused-ring (bicyclic) bond motifs is 1. The fraction of sp³-hybridized carbons (Fsp3) is 0.471. The summed E-state index contributed by atoms with van der Waals surface area (Å²) in [5.41, 5.74) is 9.25. The summed E-state index contributed by atoms with van der Waals surface area (Å²) >= 11 is 0. The number of hydrogen-bond acceptors (Lipinski definition) is 7. The third-order valence-corrected chi connectivity index (χ3v) is 4.79. The average molecular weight is 341 g/mol. The molecule has 4 heterocycles. The predicted octanol–water partition coefficient (Wildman–Crippen LogP) is 1.26. The van der Waals surface area contributed by atoms with Crippen molar-refractivity contribution in [2.24, 2.45) is 5.73 Å². The summed E-state index contributed by atoms with van der Waals surface area (Å²) in [5.74, 6) is 1.78. The summed E-state index contributed by atoms with van der Waals surface area (Å²) < 4.78 is 5.08. The minimum absolute atomic E-state index is 0.291. The molecule has 1 atom stereocenters. The number of anilines is 1. The average Bonchev–Trinajstić information content (AvgIpc) is 3.28. The van der Waals surface area contributed by atoms with Crippen molar-refractivity contribution in [1.82, 2.24) is 25.4 Å². The predicted molar refractivity (Wildman–Crippen MR) is 95.3 cm³/mol. The molecule has 0 aromatic carbocycles. The number of hydrogen-bond donors (Lipinski definition) is 3. The molecule has 25 heavy (non-hydrogen) atoms. The first-order chi connectivity index (χ1) is 12.0. The van der Waals surface area contributed by atoms with Gasteiger partial charge in [0.05, 0.1) is 11.1 Å². The molecule has 1 aliphatic rings. The molecule has 8 nitrogen and oxygen atoms in total. The zero-order valence-corrected chi connectivity index (χ0v) is 14.5. The van der Waals surface area contributed by atoms with Crippen LogP contribution >= 0.6 is 0 Å². The van der Waals surface area contributed by atoms with E-state index >= 15 is 0 Å². The second kappa shape index (κ2) is 6.12. The molecule has 3 aromatic heterocycles. The van der Waals surface area contributed by atoms with Gasteiger partial charge in [-0.25, -0.2) is 9.97 Å². The van der Waals surface area contributed by atoms with E-state index in [-0.39, 0.29) is 5.54 Å². The van der Waals surface area contributed by atoms with E-state index in [9.17, 15) is 0 Å². The molecule has 0 unspecified atom stereocenters. The molecule has 4 N–H and O–H groups in total. The second-order valence-corrected chi connectivity index (χ2v) is 6.96. The molecule has 1 aliphatic heterocycles. The van der Waals surface area contributed by atoms with E-state index in [1.54, 1.807) is 6.33 Å². The highest BCUT2D eigenvalue weighted by atomic mass is 16.5. The highest BCUT2D eigenvalue weighted by Crippen LogP contribution is 2.30. The lowest BCUT2D eigenvalue weighted by molar-refractivity contribution is 0.382. The summed E-state index contributed by atoms with van der Waals surface area (Å²) in [5, 5.41) is 8.48. The largest absolute Gasteiger partial charge is 0.361 e. The molecule has 0 amide bonds. The molecule has 132 valence electrons. The van der Waals surface area contributed by atoms with Crippen molar-refractivity contribution in [3.8, 4) is 0 Å². The molecular formula is C17H23N7O. The topological polar surface area (TPSA) is 109 Å². The van der Waals surface area contributed by atoms with Gasteiger partial charge in [-0.15, -0.1) is 0 Å². The van der Waals surface area contributed by atoms with E-state index < -0.39 is 0 Å². The lowest BCUT2D eigenvalue weighted by Crippen LogP contribution is -2.50. The summed E-state index contributed by atoms with van der Waals surface area (Å²) in [6.45, 7) is 6.98. The van der Waals surface area contributed by atoms with E-state index in [4.69, 9.17) is 10.3 Å². The Kier molecular flexibility index (Phi) is 3.93. The van der Waals surface area contributed by atoms with Gasteiger partial charge < -0.3 is 25.5 Å². The Morgan fingerprint density at radius 2 is 2.28 bits per heavy atom. The maximum atomic E-state index is 6.61. The van der Waals surface area contributed by atoms with Crippen molar-refractivity contribution >= 4 is 16.9 Å². The Hall–Kier alpha value is -2.45. The van der Waals surface area contributed by atoms with Crippen molar-refractivity contribution < 1.29 is 4.52 Å². The fourth-order valence-electron chi connectivity index (χ4n) is 3.50. The zero-order valence-electron chi connectivity index (χ0n) is 14.5. The van der Waals surface area contributed by atoms with Crippen LogP contribution in [0.15, 0.2) is 23.1 Å². The summed E-state index contributed by atoms with van der Waals surface area (Å²) in [4.78, 5) is 14.3. The smallest absolute Gasteiger partial charge is 0.143 e. The van der Waals surface area contributed by atoms with Crippen LogP contribution in [0.2, 0.25) is 0 Å². The molecule has 0 spiro atoms. The molecule has 1 fully saturated rings. The van der Waals surface area contributed by atoms with E-state index in [0.717, 1.165) is 59.9 Å². The molecule has 0 radical (unpaired) electrons. The molecular weight excluding hydrogens is 318 g/mol. The quantitative estimate of drug-likeness (QED) is 0.641. The molecule has 0 bridgehead atoms. The van der Waals surface area contributed by atoms with Crippen LogP contribution in [0.3, 0.4) is 0 Å². The van der Waals surface area contributed by atoms with Crippen molar-refractivity contribution in [2.45, 2.75) is 32.4 Å². The first-order valence-corrected chi connectivity index (χ1v) is 8.49. The summed E-state index contributed by atoms with van der Waals surface area (Å²) in [6, 6.07) is 1.93. The van der Waals surface area contributed by atoms with Crippen LogP contribution in [0, 0.1) is 13.8 Å². The second-order valence-electron chi connectivity index (χ2n) is 6.96. The molecule has 4 rings (SSSR count). The van der Waals surface area contributed by atoms with Gasteiger partial charge in [0.15, 0.2) is 0 Å². The molecule has 3 aromatic rings. The third kappa shape index (κ3) is 3.10. The van der Waals surface area contributed by atoms with Gasteiger partial charge in [-0.1, -0.05) is 5.16 Å². The van der Waals surface area contributed by atoms with Crippen LogP contribution in [-0.4, -0.2) is 45.3 Å². The van der Waals surface area contributed by atoms with Crippen molar-refractivity contribution in [1.29, 1.82) is 0 Å². The highest BCUT2D eigenvalue weighted by molar-refractivity contribution is 5.90. The highest BCUT2D eigenvalue weighted by Gasteiger charge is 2.35. The van der Waals surface area contributed by atoms with Crippen molar-refractivity contribution in [3.63, 3.8) is 0 Å². The van der Waals surface area contributed by atoms with Gasteiger partial charge >= 0.3 is 0 Å². The van der Waals surface area contributed by atoms with E-state index in [2.05, 4.69) is 37.2 Å². The van der Waals surface area contributed by atoms with Crippen LogP contribution in [0.1, 0.15) is 23.4 Å². The molecule has 0 aliphatic carbocycles. The van der Waals surface area contributed by atoms with Gasteiger partial charge in [-0.3, -0.25) is 0 Å². The summed E-state index contributed by atoms with van der Waals surface area (Å²) in [6.07, 6.45) is 4.48. The maximum absolute atomic E-state index is 6.61. The van der Waals surface area contributed by atoms with Crippen LogP contribution < -0.4 is 16.0 Å². The SMILES string of the molecule is Cc1cc(CNC[C@@]2(N)CCN(c3ncnc4[nH]cc(C)c34)C2)no1. The number of aromatic nitrogens is 4. The normalized spacial score (nSPS) is 20.7. The number of nitrogens with two attached hydrogens (primary N) is 1. The lowest BCUT2D eigenvalue weighted by Gasteiger charge is -2.25. The van der Waals surface area contributed by atoms with Gasteiger partial charge in [0.1, 0.15) is 23.6 Å². The lowest BCUT2D eigenvalue weighted by atomic mass is 10.0. The Labute approximate surface area is 145 Å². The minimum atomic E-state index is -0.291. The van der Waals surface area contributed by atoms with E-state index in [0.29, 0.717) is 6.54 Å². The monoisotopic (exact) mass is 341 g/mol. The van der Waals surface area contributed by atoms with Crippen LogP contribution in [0.5, 0.6) is 0 Å². The number of rotatable bonds is 5. The Balaban J connectivity index is 1.43. The van der Waals surface area contributed by atoms with Crippen LogP contribution in [0.25, 0.3) is 11.0 Å². The van der Waals surface area contributed by atoms with Crippen LogP contribution in [0.4, 0.5) is 5.82 Å². The minimum Gasteiger partial charge on any atom is -0.361 e. The number of nitrogens with one attached hydrogen (secondary N) is 2. The number of H-pyrrole nitrogens is 1. The first kappa shape index (κ1) is 16.0. The van der Waals surface area contributed by atoms with Gasteiger partial charge in [0, 0.05) is 44.0 Å². The van der Waals surface area contributed by atoms with E-state index in [1.807, 2.05) is 19.2 Å². The molecule has 1 saturated heterocycles. The Morgan fingerprint density at radius 1 is 1.40 bits per heavy atom. The molecule has 8 heteroatoms. The van der Waals surface area contributed by atoms with Gasteiger partial charge in [0.2, 0.25) is 0 Å². The first-order valence-electron chi connectivity index (χ1n) is 8.49. The van der Waals surface area contributed by atoms with Crippen molar-refractivity contribution in [3.05, 3.63) is 35.6 Å². The summed E-state index contributed by atoms with van der Waals surface area (Å²) in [7, 11) is 0. The fourth-order valence-corrected chi connectivity index (χ4v) is 3.50.